The summed E-state index contributed by atoms with van der Waals surface area (Å²) in [6, 6.07) is 4.86. The van der Waals surface area contributed by atoms with Gasteiger partial charge < -0.3 is 20.5 Å². The van der Waals surface area contributed by atoms with Gasteiger partial charge in [-0.25, -0.2) is 9.38 Å². The van der Waals surface area contributed by atoms with E-state index in [1.165, 1.54) is 13.2 Å². The predicted octanol–water partition coefficient (Wildman–Crippen LogP) is 2.42. The maximum Gasteiger partial charge on any atom is 0.188 e. The van der Waals surface area contributed by atoms with Crippen molar-refractivity contribution < 1.29 is 13.9 Å². The number of hydrogen-bond acceptors (Lipinski definition) is 3. The fraction of sp³-hybridized carbons (Fsp3) is 0.533. The number of aliphatic imine (C=N–C) groups is 1. The molecule has 5 nitrogen and oxygen atoms in total. The topological polar surface area (TPSA) is 68.9 Å². The third-order valence-electron chi connectivity index (χ3n) is 2.82. The van der Waals surface area contributed by atoms with Gasteiger partial charge in [0.15, 0.2) is 5.96 Å². The van der Waals surface area contributed by atoms with Gasteiger partial charge in [0.2, 0.25) is 0 Å². The molecule has 1 aromatic carbocycles. The normalized spacial score (nSPS) is 11.1. The number of nitrogens with zero attached hydrogens (tertiary/aromatic N) is 1. The molecule has 0 unspecified atom stereocenters. The van der Waals surface area contributed by atoms with Gasteiger partial charge in [-0.15, -0.1) is 24.0 Å². The Bertz CT molecular complexity index is 458. The van der Waals surface area contributed by atoms with E-state index in [9.17, 15) is 4.39 Å². The van der Waals surface area contributed by atoms with Crippen molar-refractivity contribution in [3.8, 4) is 0 Å². The van der Waals surface area contributed by atoms with Crippen molar-refractivity contribution in [2.24, 2.45) is 10.7 Å². The number of halogens is 2. The maximum absolute atomic E-state index is 13.5. The quantitative estimate of drug-likeness (QED) is 0.276. The Morgan fingerprint density at radius 2 is 2.18 bits per heavy atom. The molecule has 0 amide bonds. The summed E-state index contributed by atoms with van der Waals surface area (Å²) in [4.78, 5) is 4.22. The van der Waals surface area contributed by atoms with Crippen LogP contribution in [-0.4, -0.2) is 32.8 Å². The van der Waals surface area contributed by atoms with E-state index >= 15 is 0 Å². The highest BCUT2D eigenvalue weighted by atomic mass is 127. The number of hydrogen-bond donors (Lipinski definition) is 2. The minimum atomic E-state index is -0.272. The number of ether oxygens (including phenoxy) is 2. The monoisotopic (exact) mass is 425 g/mol. The van der Waals surface area contributed by atoms with Gasteiger partial charge >= 0.3 is 0 Å². The Morgan fingerprint density at radius 1 is 1.41 bits per heavy atom. The Balaban J connectivity index is 0.00000441. The molecule has 0 saturated carbocycles. The summed E-state index contributed by atoms with van der Waals surface area (Å²) in [5, 5.41) is 3.01. The van der Waals surface area contributed by atoms with Crippen LogP contribution in [0.2, 0.25) is 0 Å². The largest absolute Gasteiger partial charge is 0.382 e. The Labute approximate surface area is 148 Å². The summed E-state index contributed by atoms with van der Waals surface area (Å²) in [7, 11) is 1.54. The van der Waals surface area contributed by atoms with E-state index in [0.717, 1.165) is 18.6 Å². The Hall–Kier alpha value is -0.930. The molecular formula is C15H25FIN3O2. The van der Waals surface area contributed by atoms with Crippen molar-refractivity contribution in [3.05, 3.63) is 35.1 Å². The van der Waals surface area contributed by atoms with Gasteiger partial charge in [-0.05, 0) is 31.0 Å². The van der Waals surface area contributed by atoms with Gasteiger partial charge in [-0.3, -0.25) is 0 Å². The maximum atomic E-state index is 13.5. The molecule has 0 radical (unpaired) electrons. The molecular weight excluding hydrogens is 400 g/mol. The van der Waals surface area contributed by atoms with E-state index in [2.05, 4.69) is 10.3 Å². The zero-order valence-corrected chi connectivity index (χ0v) is 15.4. The highest BCUT2D eigenvalue weighted by Crippen LogP contribution is 2.12. The second-order valence-electron chi connectivity index (χ2n) is 4.54. The Kier molecular flexibility index (Phi) is 12.1. The van der Waals surface area contributed by atoms with Gasteiger partial charge in [0.05, 0.1) is 13.2 Å². The molecule has 0 atom stereocenters. The van der Waals surface area contributed by atoms with Crippen LogP contribution >= 0.6 is 24.0 Å². The SMILES string of the molecule is CCOCCCNC(N)=NCc1ccc(F)c(COC)c1.I. The van der Waals surface area contributed by atoms with E-state index < -0.39 is 0 Å². The molecule has 0 fully saturated rings. The number of rotatable bonds is 9. The van der Waals surface area contributed by atoms with E-state index in [4.69, 9.17) is 15.2 Å². The lowest BCUT2D eigenvalue weighted by Gasteiger charge is -2.07. The van der Waals surface area contributed by atoms with E-state index in [1.54, 1.807) is 12.1 Å². The molecule has 0 aliphatic heterocycles. The number of nitrogens with two attached hydrogens (primary N) is 1. The van der Waals surface area contributed by atoms with Crippen LogP contribution in [0, 0.1) is 5.82 Å². The zero-order chi connectivity index (χ0) is 15.5. The van der Waals surface area contributed by atoms with Crippen molar-refractivity contribution >= 4 is 29.9 Å². The molecule has 7 heteroatoms. The lowest BCUT2D eigenvalue weighted by Crippen LogP contribution is -2.32. The lowest BCUT2D eigenvalue weighted by atomic mass is 10.1. The first kappa shape index (κ1) is 21.1. The molecule has 3 N–H and O–H groups in total. The van der Waals surface area contributed by atoms with Crippen molar-refractivity contribution in [2.75, 3.05) is 26.9 Å². The van der Waals surface area contributed by atoms with Crippen LogP contribution in [0.3, 0.4) is 0 Å². The fourth-order valence-electron chi connectivity index (χ4n) is 1.76. The van der Waals surface area contributed by atoms with Gasteiger partial charge in [-0.1, -0.05) is 6.07 Å². The van der Waals surface area contributed by atoms with Crippen LogP contribution in [0.25, 0.3) is 0 Å². The molecule has 0 saturated heterocycles. The second kappa shape index (κ2) is 12.6. The summed E-state index contributed by atoms with van der Waals surface area (Å²) < 4.78 is 23.6. The van der Waals surface area contributed by atoms with Crippen LogP contribution < -0.4 is 11.1 Å². The summed E-state index contributed by atoms with van der Waals surface area (Å²) in [5.74, 6) is 0.107. The minimum absolute atomic E-state index is 0. The first-order valence-electron chi connectivity index (χ1n) is 7.05. The predicted molar refractivity (Wildman–Crippen MR) is 97.0 cm³/mol. The van der Waals surface area contributed by atoms with Crippen molar-refractivity contribution in [1.29, 1.82) is 0 Å². The molecule has 0 aliphatic carbocycles. The molecule has 0 bridgehead atoms. The van der Waals surface area contributed by atoms with Gasteiger partial charge in [0, 0.05) is 32.4 Å². The van der Waals surface area contributed by atoms with E-state index in [1.807, 2.05) is 6.92 Å². The summed E-state index contributed by atoms with van der Waals surface area (Å²) in [6.07, 6.45) is 0.874. The standard InChI is InChI=1S/C15H24FN3O2.HI/c1-3-21-8-4-7-18-15(17)19-10-12-5-6-14(16)13(9-12)11-20-2;/h5-6,9H,3-4,7-8,10-11H2,1-2H3,(H3,17,18,19);1H. The molecule has 1 rings (SSSR count). The molecule has 126 valence electrons. The second-order valence-corrected chi connectivity index (χ2v) is 4.54. The average Bonchev–Trinajstić information content (AvgIpc) is 2.48. The third-order valence-corrected chi connectivity index (χ3v) is 2.82. The van der Waals surface area contributed by atoms with Crippen molar-refractivity contribution in [2.45, 2.75) is 26.5 Å². The lowest BCUT2D eigenvalue weighted by molar-refractivity contribution is 0.145. The molecule has 1 aromatic rings. The summed E-state index contributed by atoms with van der Waals surface area (Å²) >= 11 is 0. The molecule has 22 heavy (non-hydrogen) atoms. The van der Waals surface area contributed by atoms with Crippen molar-refractivity contribution in [3.63, 3.8) is 0 Å². The van der Waals surface area contributed by atoms with Crippen LogP contribution in [0.4, 0.5) is 4.39 Å². The zero-order valence-electron chi connectivity index (χ0n) is 13.1. The van der Waals surface area contributed by atoms with Gasteiger partial charge in [-0.2, -0.15) is 0 Å². The average molecular weight is 425 g/mol. The molecule has 0 spiro atoms. The minimum Gasteiger partial charge on any atom is -0.382 e. The van der Waals surface area contributed by atoms with Gasteiger partial charge in [0.25, 0.3) is 0 Å². The van der Waals surface area contributed by atoms with Crippen LogP contribution in [0.1, 0.15) is 24.5 Å². The van der Waals surface area contributed by atoms with Gasteiger partial charge in [0.1, 0.15) is 5.82 Å². The van der Waals surface area contributed by atoms with Crippen molar-refractivity contribution in [1.82, 2.24) is 5.32 Å². The summed E-state index contributed by atoms with van der Waals surface area (Å²) in [5.41, 5.74) is 7.18. The van der Waals surface area contributed by atoms with E-state index in [-0.39, 0.29) is 36.4 Å². The number of methoxy groups -OCH3 is 1. The number of benzene rings is 1. The highest BCUT2D eigenvalue weighted by Gasteiger charge is 2.03. The summed E-state index contributed by atoms with van der Waals surface area (Å²) in [6.45, 7) is 4.75. The van der Waals surface area contributed by atoms with Crippen LogP contribution in [0.15, 0.2) is 23.2 Å². The number of guanidine groups is 1. The molecule has 0 aliphatic rings. The fourth-order valence-corrected chi connectivity index (χ4v) is 1.76. The van der Waals surface area contributed by atoms with Crippen LogP contribution in [-0.2, 0) is 22.6 Å². The third kappa shape index (κ3) is 8.50. The molecule has 0 aromatic heterocycles. The first-order valence-corrected chi connectivity index (χ1v) is 7.05. The number of nitrogens with one attached hydrogen (secondary N) is 1. The van der Waals surface area contributed by atoms with Crippen LogP contribution in [0.5, 0.6) is 0 Å². The smallest absolute Gasteiger partial charge is 0.188 e. The first-order chi connectivity index (χ1) is 10.2. The Morgan fingerprint density at radius 3 is 2.86 bits per heavy atom. The highest BCUT2D eigenvalue weighted by molar-refractivity contribution is 14.0. The molecule has 0 heterocycles. The van der Waals surface area contributed by atoms with E-state index in [0.29, 0.717) is 31.2 Å².